The van der Waals surface area contributed by atoms with Crippen molar-refractivity contribution in [2.75, 3.05) is 7.11 Å². The first kappa shape index (κ1) is 12.6. The van der Waals surface area contributed by atoms with Crippen molar-refractivity contribution in [3.63, 3.8) is 0 Å². The van der Waals surface area contributed by atoms with Crippen molar-refractivity contribution < 1.29 is 9.47 Å². The summed E-state index contributed by atoms with van der Waals surface area (Å²) >= 11 is 0. The molecule has 0 radical (unpaired) electrons. The molecule has 3 heteroatoms. The molecule has 0 spiro atoms. The second-order valence-electron chi connectivity index (χ2n) is 4.82. The van der Waals surface area contributed by atoms with Gasteiger partial charge in [0.2, 0.25) is 0 Å². The second kappa shape index (κ2) is 5.26. The third-order valence-corrected chi connectivity index (χ3v) is 3.64. The number of aryl methyl sites for hydroxylation is 1. The first-order valence-corrected chi connectivity index (χ1v) is 6.64. The summed E-state index contributed by atoms with van der Waals surface area (Å²) in [5, 5.41) is 8.92. The summed E-state index contributed by atoms with van der Waals surface area (Å²) in [6, 6.07) is 15.7. The van der Waals surface area contributed by atoms with Gasteiger partial charge in [-0.3, -0.25) is 0 Å². The Balaban J connectivity index is 1.88. The minimum atomic E-state index is 0.0630. The minimum absolute atomic E-state index is 0.0630. The summed E-state index contributed by atoms with van der Waals surface area (Å²) in [6.45, 7) is 0. The van der Waals surface area contributed by atoms with E-state index in [1.807, 2.05) is 6.07 Å². The van der Waals surface area contributed by atoms with Crippen LogP contribution in [0.25, 0.3) is 0 Å². The highest BCUT2D eigenvalue weighted by atomic mass is 16.5. The highest BCUT2D eigenvalue weighted by molar-refractivity contribution is 5.47. The molecule has 2 aromatic carbocycles. The summed E-state index contributed by atoms with van der Waals surface area (Å²) in [6.07, 6.45) is 2.08. The average molecular weight is 265 g/mol. The van der Waals surface area contributed by atoms with E-state index in [2.05, 4.69) is 24.3 Å². The zero-order valence-corrected chi connectivity index (χ0v) is 11.3. The molecule has 0 heterocycles. The Bertz CT molecular complexity index is 673. The predicted octanol–water partition coefficient (Wildman–Crippen LogP) is 3.63. The molecule has 1 unspecified atom stereocenters. The normalized spacial score (nSPS) is 16.3. The fourth-order valence-electron chi connectivity index (χ4n) is 2.63. The van der Waals surface area contributed by atoms with Crippen molar-refractivity contribution in [2.24, 2.45) is 0 Å². The van der Waals surface area contributed by atoms with E-state index < -0.39 is 0 Å². The number of hydrogen-bond acceptors (Lipinski definition) is 3. The van der Waals surface area contributed by atoms with Gasteiger partial charge in [0.05, 0.1) is 18.7 Å². The molecule has 0 saturated heterocycles. The minimum Gasteiger partial charge on any atom is -0.493 e. The molecule has 0 amide bonds. The molecule has 1 atom stereocenters. The number of methoxy groups -OCH3 is 1. The van der Waals surface area contributed by atoms with Crippen LogP contribution in [0.15, 0.2) is 42.5 Å². The Hall–Kier alpha value is -2.47. The smallest absolute Gasteiger partial charge is 0.162 e. The molecule has 100 valence electrons. The molecule has 0 N–H and O–H groups in total. The SMILES string of the molecule is COc1cc(C#N)ccc1OC1CCc2ccccc21. The lowest BCUT2D eigenvalue weighted by Crippen LogP contribution is -2.04. The van der Waals surface area contributed by atoms with Crippen LogP contribution in [0.5, 0.6) is 11.5 Å². The van der Waals surface area contributed by atoms with Gasteiger partial charge in [0, 0.05) is 6.07 Å². The number of benzene rings is 2. The van der Waals surface area contributed by atoms with Crippen LogP contribution in [-0.4, -0.2) is 7.11 Å². The van der Waals surface area contributed by atoms with Gasteiger partial charge in [-0.05, 0) is 36.1 Å². The maximum Gasteiger partial charge on any atom is 0.162 e. The quantitative estimate of drug-likeness (QED) is 0.851. The number of rotatable bonds is 3. The van der Waals surface area contributed by atoms with E-state index in [0.717, 1.165) is 12.8 Å². The maximum absolute atomic E-state index is 8.92. The zero-order valence-electron chi connectivity index (χ0n) is 11.3. The van der Waals surface area contributed by atoms with Gasteiger partial charge in [0.15, 0.2) is 11.5 Å². The van der Waals surface area contributed by atoms with Crippen LogP contribution in [0, 0.1) is 11.3 Å². The zero-order chi connectivity index (χ0) is 13.9. The van der Waals surface area contributed by atoms with Crippen molar-refractivity contribution in [1.82, 2.24) is 0 Å². The Morgan fingerprint density at radius 2 is 2.00 bits per heavy atom. The lowest BCUT2D eigenvalue weighted by Gasteiger charge is -2.17. The summed E-state index contributed by atoms with van der Waals surface area (Å²) in [5.74, 6) is 1.29. The van der Waals surface area contributed by atoms with Crippen molar-refractivity contribution in [3.05, 3.63) is 59.2 Å². The van der Waals surface area contributed by atoms with Gasteiger partial charge in [-0.25, -0.2) is 0 Å². The number of fused-ring (bicyclic) bond motifs is 1. The number of nitriles is 1. The van der Waals surface area contributed by atoms with E-state index in [-0.39, 0.29) is 6.10 Å². The van der Waals surface area contributed by atoms with E-state index >= 15 is 0 Å². The standard InChI is InChI=1S/C17H15NO2/c1-19-17-10-12(11-18)6-8-16(17)20-15-9-7-13-4-2-3-5-14(13)15/h2-6,8,10,15H,7,9H2,1H3. The van der Waals surface area contributed by atoms with Crippen LogP contribution < -0.4 is 9.47 Å². The summed E-state index contributed by atoms with van der Waals surface area (Å²) in [7, 11) is 1.59. The lowest BCUT2D eigenvalue weighted by atomic mass is 10.1. The fraction of sp³-hybridized carbons (Fsp3) is 0.235. The molecule has 0 aromatic heterocycles. The molecule has 3 nitrogen and oxygen atoms in total. The van der Waals surface area contributed by atoms with Crippen molar-refractivity contribution in [1.29, 1.82) is 5.26 Å². The first-order valence-electron chi connectivity index (χ1n) is 6.64. The van der Waals surface area contributed by atoms with Gasteiger partial charge in [0.25, 0.3) is 0 Å². The Morgan fingerprint density at radius 1 is 1.15 bits per heavy atom. The average Bonchev–Trinajstić information content (AvgIpc) is 2.91. The van der Waals surface area contributed by atoms with Crippen LogP contribution in [0.1, 0.15) is 29.2 Å². The van der Waals surface area contributed by atoms with Crippen molar-refractivity contribution >= 4 is 0 Å². The molecule has 0 bridgehead atoms. The van der Waals surface area contributed by atoms with Crippen molar-refractivity contribution in [2.45, 2.75) is 18.9 Å². The third kappa shape index (κ3) is 2.21. The second-order valence-corrected chi connectivity index (χ2v) is 4.82. The molecule has 20 heavy (non-hydrogen) atoms. The van der Waals surface area contributed by atoms with Gasteiger partial charge in [-0.15, -0.1) is 0 Å². The largest absolute Gasteiger partial charge is 0.493 e. The van der Waals surface area contributed by atoms with E-state index in [1.54, 1.807) is 25.3 Å². The topological polar surface area (TPSA) is 42.2 Å². The highest BCUT2D eigenvalue weighted by Crippen LogP contribution is 2.38. The molecule has 0 fully saturated rings. The summed E-state index contributed by atoms with van der Waals surface area (Å²) < 4.78 is 11.4. The number of hydrogen-bond donors (Lipinski definition) is 0. The molecule has 0 aliphatic heterocycles. The fourth-order valence-corrected chi connectivity index (χ4v) is 2.63. The third-order valence-electron chi connectivity index (χ3n) is 3.64. The van der Waals surface area contributed by atoms with Crippen LogP contribution >= 0.6 is 0 Å². The molecule has 0 saturated carbocycles. The van der Waals surface area contributed by atoms with Crippen LogP contribution in [0.4, 0.5) is 0 Å². The molecule has 1 aliphatic carbocycles. The highest BCUT2D eigenvalue weighted by Gasteiger charge is 2.24. The Kier molecular flexibility index (Phi) is 3.30. The predicted molar refractivity (Wildman–Crippen MR) is 75.8 cm³/mol. The van der Waals surface area contributed by atoms with Crippen LogP contribution in [0.3, 0.4) is 0 Å². The Morgan fingerprint density at radius 3 is 2.80 bits per heavy atom. The molecule has 2 aromatic rings. The van der Waals surface area contributed by atoms with Crippen LogP contribution in [-0.2, 0) is 6.42 Å². The van der Waals surface area contributed by atoms with Gasteiger partial charge >= 0.3 is 0 Å². The first-order chi connectivity index (χ1) is 9.81. The molecular weight excluding hydrogens is 250 g/mol. The van der Waals surface area contributed by atoms with Gasteiger partial charge in [-0.1, -0.05) is 24.3 Å². The van der Waals surface area contributed by atoms with Gasteiger partial charge < -0.3 is 9.47 Å². The summed E-state index contributed by atoms with van der Waals surface area (Å²) in [5.41, 5.74) is 3.17. The molecule has 1 aliphatic rings. The summed E-state index contributed by atoms with van der Waals surface area (Å²) in [4.78, 5) is 0. The molecular formula is C17H15NO2. The van der Waals surface area contributed by atoms with Gasteiger partial charge in [0.1, 0.15) is 6.10 Å². The van der Waals surface area contributed by atoms with E-state index in [0.29, 0.717) is 17.1 Å². The Labute approximate surface area is 118 Å². The van der Waals surface area contributed by atoms with Crippen molar-refractivity contribution in [3.8, 4) is 17.6 Å². The number of nitrogens with zero attached hydrogens (tertiary/aromatic N) is 1. The number of ether oxygens (including phenoxy) is 2. The van der Waals surface area contributed by atoms with Gasteiger partial charge in [-0.2, -0.15) is 5.26 Å². The van der Waals surface area contributed by atoms with E-state index in [4.69, 9.17) is 14.7 Å². The van der Waals surface area contributed by atoms with E-state index in [9.17, 15) is 0 Å². The van der Waals surface area contributed by atoms with Crippen LogP contribution in [0.2, 0.25) is 0 Å². The lowest BCUT2D eigenvalue weighted by molar-refractivity contribution is 0.198. The molecule has 3 rings (SSSR count). The van der Waals surface area contributed by atoms with E-state index in [1.165, 1.54) is 11.1 Å². The monoisotopic (exact) mass is 265 g/mol. The maximum atomic E-state index is 8.92.